The monoisotopic (exact) mass is 607 g/mol. The number of ketones is 1. The Morgan fingerprint density at radius 1 is 0.955 bits per heavy atom. The summed E-state index contributed by atoms with van der Waals surface area (Å²) < 4.78 is 38.9. The first kappa shape index (κ1) is 31.4. The molecule has 1 aliphatic carbocycles. The highest BCUT2D eigenvalue weighted by molar-refractivity contribution is 6.00. The second-order valence-electron chi connectivity index (χ2n) is 12.0. The lowest BCUT2D eigenvalue weighted by atomic mass is 9.74. The fraction of sp³-hybridized carbons (Fsp3) is 0.412. The molecule has 7 nitrogen and oxygen atoms in total. The van der Waals surface area contributed by atoms with Crippen LogP contribution >= 0.6 is 0 Å². The largest absolute Gasteiger partial charge is 0.416 e. The maximum atomic E-state index is 13.0. The number of amides is 2. The lowest BCUT2D eigenvalue weighted by Gasteiger charge is -2.36. The molecular weight excluding hydrogens is 571 g/mol. The molecule has 5 rings (SSSR count). The van der Waals surface area contributed by atoms with E-state index in [9.17, 15) is 32.7 Å². The van der Waals surface area contributed by atoms with Gasteiger partial charge in [-0.3, -0.25) is 19.4 Å². The van der Waals surface area contributed by atoms with Crippen LogP contribution in [0.4, 0.5) is 13.2 Å². The number of carbonyl (C=O) groups excluding carboxylic acids is 3. The van der Waals surface area contributed by atoms with Crippen molar-refractivity contribution in [1.29, 1.82) is 0 Å². The van der Waals surface area contributed by atoms with Crippen LogP contribution in [0.25, 0.3) is 11.1 Å². The summed E-state index contributed by atoms with van der Waals surface area (Å²) in [5.74, 6) is -0.398. The van der Waals surface area contributed by atoms with E-state index in [1.54, 1.807) is 23.2 Å². The predicted octanol–water partition coefficient (Wildman–Crippen LogP) is 6.15. The van der Waals surface area contributed by atoms with Crippen LogP contribution < -0.4 is 5.73 Å². The number of hydrogen-bond acceptors (Lipinski definition) is 5. The first-order chi connectivity index (χ1) is 20.9. The number of likely N-dealkylation sites (tertiary alicyclic amines) is 1. The lowest BCUT2D eigenvalue weighted by Crippen LogP contribution is -2.33. The molecule has 0 spiro atoms. The number of halogens is 3. The van der Waals surface area contributed by atoms with Gasteiger partial charge in [-0.25, -0.2) is 0 Å². The number of rotatable bonds is 9. The van der Waals surface area contributed by atoms with Gasteiger partial charge < -0.3 is 15.7 Å². The third-order valence-electron chi connectivity index (χ3n) is 9.06. The summed E-state index contributed by atoms with van der Waals surface area (Å²) in [6.07, 6.45) is 1.61. The van der Waals surface area contributed by atoms with Gasteiger partial charge in [0.2, 0.25) is 11.8 Å². The molecule has 1 unspecified atom stereocenters. The summed E-state index contributed by atoms with van der Waals surface area (Å²) in [6, 6.07) is 15.0. The van der Waals surface area contributed by atoms with Crippen molar-refractivity contribution in [3.8, 4) is 11.1 Å². The zero-order valence-electron chi connectivity index (χ0n) is 24.4. The van der Waals surface area contributed by atoms with E-state index in [-0.39, 0.29) is 24.3 Å². The number of primary amides is 1. The molecule has 2 aromatic carbocycles. The minimum atomic E-state index is -4.53. The zero-order valence-corrected chi connectivity index (χ0v) is 24.4. The number of benzene rings is 2. The Morgan fingerprint density at radius 3 is 2.39 bits per heavy atom. The van der Waals surface area contributed by atoms with Gasteiger partial charge in [0.1, 0.15) is 5.60 Å². The number of aliphatic hydroxyl groups is 1. The van der Waals surface area contributed by atoms with Crippen molar-refractivity contribution in [1.82, 2.24) is 9.88 Å². The van der Waals surface area contributed by atoms with Crippen LogP contribution in [-0.4, -0.2) is 45.7 Å². The van der Waals surface area contributed by atoms with Crippen LogP contribution in [0.3, 0.4) is 0 Å². The molecule has 1 aromatic heterocycles. The van der Waals surface area contributed by atoms with Crippen molar-refractivity contribution in [3.63, 3.8) is 0 Å². The van der Waals surface area contributed by atoms with Crippen LogP contribution in [-0.2, 0) is 16.6 Å². The molecule has 2 amide bonds. The van der Waals surface area contributed by atoms with Crippen LogP contribution in [0, 0.1) is 11.8 Å². The summed E-state index contributed by atoms with van der Waals surface area (Å²) in [5, 5.41) is 11.4. The van der Waals surface area contributed by atoms with E-state index in [2.05, 4.69) is 4.98 Å². The first-order valence-electron chi connectivity index (χ1n) is 15.0. The molecule has 1 atom stereocenters. The Balaban J connectivity index is 1.08. The number of alkyl halides is 3. The van der Waals surface area contributed by atoms with Crippen LogP contribution in [0.5, 0.6) is 0 Å². The molecule has 44 heavy (non-hydrogen) atoms. The van der Waals surface area contributed by atoms with Crippen molar-refractivity contribution in [2.45, 2.75) is 63.1 Å². The summed E-state index contributed by atoms with van der Waals surface area (Å²) in [6.45, 7) is 1.21. The van der Waals surface area contributed by atoms with Crippen molar-refractivity contribution >= 4 is 17.6 Å². The molecule has 1 saturated carbocycles. The number of Topliss-reactive ketones (excluding diaryl/α,β-unsaturated/α-hetero) is 1. The molecule has 2 aliphatic rings. The van der Waals surface area contributed by atoms with Crippen molar-refractivity contribution in [2.24, 2.45) is 17.6 Å². The van der Waals surface area contributed by atoms with Gasteiger partial charge in [-0.1, -0.05) is 36.4 Å². The number of carbonyl (C=O) groups is 3. The Morgan fingerprint density at radius 2 is 1.70 bits per heavy atom. The molecule has 232 valence electrons. The minimum Gasteiger partial charge on any atom is -0.384 e. The van der Waals surface area contributed by atoms with Crippen LogP contribution in [0.15, 0.2) is 66.9 Å². The van der Waals surface area contributed by atoms with E-state index in [0.717, 1.165) is 43.4 Å². The van der Waals surface area contributed by atoms with Gasteiger partial charge in [-0.15, -0.1) is 0 Å². The maximum absolute atomic E-state index is 13.0. The zero-order chi connectivity index (χ0) is 31.5. The SMILES string of the molecule is NC(=O)c1ccccc1-c1ccc(C2(O)CCC(CC3CCN(C(=O)CCC(=O)c4cccc(C(F)(F)F)c4)C3)CC2)nc1. The average Bonchev–Trinajstić information content (AvgIpc) is 3.49. The molecule has 0 bridgehead atoms. The summed E-state index contributed by atoms with van der Waals surface area (Å²) >= 11 is 0. The van der Waals surface area contributed by atoms with Crippen LogP contribution in [0.1, 0.15) is 83.3 Å². The van der Waals surface area contributed by atoms with E-state index in [1.807, 2.05) is 24.3 Å². The van der Waals surface area contributed by atoms with Crippen molar-refractivity contribution in [2.75, 3.05) is 13.1 Å². The Bertz CT molecular complexity index is 1510. The molecule has 10 heteroatoms. The predicted molar refractivity (Wildman–Crippen MR) is 158 cm³/mol. The number of aromatic nitrogens is 1. The molecule has 2 fully saturated rings. The maximum Gasteiger partial charge on any atom is 0.416 e. The fourth-order valence-corrected chi connectivity index (χ4v) is 6.54. The Labute approximate surface area is 254 Å². The van der Waals surface area contributed by atoms with E-state index < -0.39 is 29.0 Å². The fourth-order valence-electron chi connectivity index (χ4n) is 6.54. The summed E-state index contributed by atoms with van der Waals surface area (Å²) in [7, 11) is 0. The van der Waals surface area contributed by atoms with Gasteiger partial charge in [0.15, 0.2) is 5.78 Å². The quantitative estimate of drug-likeness (QED) is 0.284. The Kier molecular flexibility index (Phi) is 9.20. The van der Waals surface area contributed by atoms with Gasteiger partial charge in [-0.2, -0.15) is 13.2 Å². The van der Waals surface area contributed by atoms with E-state index in [0.29, 0.717) is 54.6 Å². The molecule has 0 radical (unpaired) electrons. The minimum absolute atomic E-state index is 0.0296. The first-order valence-corrected chi connectivity index (χ1v) is 15.0. The highest BCUT2D eigenvalue weighted by atomic mass is 19.4. The van der Waals surface area contributed by atoms with Crippen molar-refractivity contribution in [3.05, 3.63) is 89.2 Å². The number of nitrogens with zero attached hydrogens (tertiary/aromatic N) is 2. The number of hydrogen-bond donors (Lipinski definition) is 2. The van der Waals surface area contributed by atoms with E-state index in [4.69, 9.17) is 5.73 Å². The number of nitrogens with two attached hydrogens (primary N) is 1. The van der Waals surface area contributed by atoms with E-state index >= 15 is 0 Å². The highest BCUT2D eigenvalue weighted by Gasteiger charge is 2.38. The summed E-state index contributed by atoms with van der Waals surface area (Å²) in [5.41, 5.74) is 6.04. The third kappa shape index (κ3) is 7.18. The van der Waals surface area contributed by atoms with Gasteiger partial charge >= 0.3 is 6.18 Å². The third-order valence-corrected chi connectivity index (χ3v) is 9.06. The molecule has 1 aliphatic heterocycles. The molecule has 2 heterocycles. The van der Waals surface area contributed by atoms with Gasteiger partial charge in [0, 0.05) is 48.8 Å². The van der Waals surface area contributed by atoms with Gasteiger partial charge in [0.05, 0.1) is 11.3 Å². The second-order valence-corrected chi connectivity index (χ2v) is 12.0. The normalized spacial score (nSPS) is 22.1. The Hall–Kier alpha value is -4.05. The molecule has 3 aromatic rings. The lowest BCUT2D eigenvalue weighted by molar-refractivity contribution is -0.137. The molecule has 1 saturated heterocycles. The standard InChI is InChI=1S/C34H36F3N3O4/c35-34(36,37)26-5-3-4-24(19-26)29(41)9-11-31(42)40-17-14-23(21-40)18-22-12-15-33(44,16-13-22)30-10-8-25(20-39-30)27-6-1-2-7-28(27)32(38)43/h1-8,10,19-20,22-23,44H,9,11-18,21H2,(H2,38,43). The topological polar surface area (TPSA) is 114 Å². The van der Waals surface area contributed by atoms with Crippen LogP contribution in [0.2, 0.25) is 0 Å². The van der Waals surface area contributed by atoms with E-state index in [1.165, 1.54) is 12.1 Å². The molecular formula is C34H36F3N3O4. The number of pyridine rings is 1. The van der Waals surface area contributed by atoms with Crippen molar-refractivity contribution < 1.29 is 32.7 Å². The highest BCUT2D eigenvalue weighted by Crippen LogP contribution is 2.42. The smallest absolute Gasteiger partial charge is 0.384 e. The molecule has 3 N–H and O–H groups in total. The average molecular weight is 608 g/mol. The summed E-state index contributed by atoms with van der Waals surface area (Å²) in [4.78, 5) is 43.4. The van der Waals surface area contributed by atoms with Gasteiger partial charge in [0.25, 0.3) is 0 Å². The van der Waals surface area contributed by atoms with Gasteiger partial charge in [-0.05, 0) is 80.2 Å². The second kappa shape index (κ2) is 12.9.